The maximum absolute atomic E-state index is 6.28. The summed E-state index contributed by atoms with van der Waals surface area (Å²) in [6.45, 7) is 0. The Morgan fingerprint density at radius 2 is 2.00 bits per heavy atom. The van der Waals surface area contributed by atoms with Crippen molar-refractivity contribution in [3.8, 4) is 5.75 Å². The lowest BCUT2D eigenvalue weighted by Crippen LogP contribution is -2.64. The molecule has 0 bridgehead atoms. The third-order valence-electron chi connectivity index (χ3n) is 4.71. The SMILES string of the molecule is NC1CC(Oc2cccc(I)c2)C12CCCCC2. The third-order valence-corrected chi connectivity index (χ3v) is 5.38. The average molecular weight is 357 g/mol. The van der Waals surface area contributed by atoms with Gasteiger partial charge in [0.15, 0.2) is 0 Å². The van der Waals surface area contributed by atoms with E-state index in [2.05, 4.69) is 46.9 Å². The van der Waals surface area contributed by atoms with Crippen LogP contribution in [0.5, 0.6) is 5.75 Å². The summed E-state index contributed by atoms with van der Waals surface area (Å²) in [4.78, 5) is 0. The molecule has 0 radical (unpaired) electrons. The molecular formula is C15H20INO. The first-order valence-corrected chi connectivity index (χ1v) is 7.96. The molecule has 2 N–H and O–H groups in total. The van der Waals surface area contributed by atoms with Crippen LogP contribution in [0.15, 0.2) is 24.3 Å². The van der Waals surface area contributed by atoms with E-state index in [4.69, 9.17) is 10.5 Å². The van der Waals surface area contributed by atoms with E-state index in [-0.39, 0.29) is 5.41 Å². The molecular weight excluding hydrogens is 337 g/mol. The van der Waals surface area contributed by atoms with Crippen LogP contribution in [-0.2, 0) is 0 Å². The van der Waals surface area contributed by atoms with E-state index in [1.165, 1.54) is 35.7 Å². The zero-order chi connectivity index (χ0) is 12.6. The second-order valence-corrected chi connectivity index (χ2v) is 6.95. The van der Waals surface area contributed by atoms with Crippen molar-refractivity contribution in [2.75, 3.05) is 0 Å². The Morgan fingerprint density at radius 3 is 2.67 bits per heavy atom. The number of rotatable bonds is 2. The maximum Gasteiger partial charge on any atom is 0.120 e. The van der Waals surface area contributed by atoms with E-state index < -0.39 is 0 Å². The van der Waals surface area contributed by atoms with Gasteiger partial charge >= 0.3 is 0 Å². The van der Waals surface area contributed by atoms with Gasteiger partial charge in [0.25, 0.3) is 0 Å². The first-order valence-electron chi connectivity index (χ1n) is 6.88. The van der Waals surface area contributed by atoms with Crippen LogP contribution in [0, 0.1) is 8.99 Å². The third kappa shape index (κ3) is 2.16. The molecule has 2 saturated carbocycles. The summed E-state index contributed by atoms with van der Waals surface area (Å²) in [5, 5.41) is 0. The summed E-state index contributed by atoms with van der Waals surface area (Å²) in [6.07, 6.45) is 7.87. The number of nitrogens with two attached hydrogens (primary N) is 1. The molecule has 2 aliphatic rings. The fourth-order valence-electron chi connectivity index (χ4n) is 3.55. The highest BCUT2D eigenvalue weighted by Gasteiger charge is 2.54. The zero-order valence-corrected chi connectivity index (χ0v) is 12.7. The molecule has 3 rings (SSSR count). The van der Waals surface area contributed by atoms with Crippen molar-refractivity contribution in [3.63, 3.8) is 0 Å². The molecule has 2 aliphatic carbocycles. The van der Waals surface area contributed by atoms with Crippen molar-refractivity contribution in [1.82, 2.24) is 0 Å². The molecule has 1 aromatic rings. The molecule has 18 heavy (non-hydrogen) atoms. The van der Waals surface area contributed by atoms with Gasteiger partial charge in [0, 0.05) is 21.4 Å². The van der Waals surface area contributed by atoms with Crippen LogP contribution in [-0.4, -0.2) is 12.1 Å². The Morgan fingerprint density at radius 1 is 1.22 bits per heavy atom. The van der Waals surface area contributed by atoms with Gasteiger partial charge in [-0.15, -0.1) is 0 Å². The lowest BCUT2D eigenvalue weighted by Gasteiger charge is -2.56. The Balaban J connectivity index is 1.73. The minimum atomic E-state index is 0.277. The molecule has 0 aromatic heterocycles. The largest absolute Gasteiger partial charge is 0.490 e. The highest BCUT2D eigenvalue weighted by molar-refractivity contribution is 14.1. The van der Waals surface area contributed by atoms with Gasteiger partial charge in [0.05, 0.1) is 0 Å². The average Bonchev–Trinajstić information content (AvgIpc) is 2.39. The normalized spacial score (nSPS) is 29.9. The topological polar surface area (TPSA) is 35.2 Å². The number of ether oxygens (including phenoxy) is 1. The van der Waals surface area contributed by atoms with Gasteiger partial charge in [-0.2, -0.15) is 0 Å². The van der Waals surface area contributed by atoms with Crippen LogP contribution in [0.4, 0.5) is 0 Å². The summed E-state index contributed by atoms with van der Waals surface area (Å²) >= 11 is 2.33. The van der Waals surface area contributed by atoms with Gasteiger partial charge in [-0.3, -0.25) is 0 Å². The van der Waals surface area contributed by atoms with Gasteiger partial charge < -0.3 is 10.5 Å². The van der Waals surface area contributed by atoms with E-state index >= 15 is 0 Å². The van der Waals surface area contributed by atoms with Crippen LogP contribution < -0.4 is 10.5 Å². The maximum atomic E-state index is 6.28. The summed E-state index contributed by atoms with van der Waals surface area (Å²) < 4.78 is 7.44. The highest BCUT2D eigenvalue weighted by Crippen LogP contribution is 2.52. The van der Waals surface area contributed by atoms with Gasteiger partial charge in [-0.25, -0.2) is 0 Å². The first-order chi connectivity index (χ1) is 8.71. The smallest absolute Gasteiger partial charge is 0.120 e. The Kier molecular flexibility index (Phi) is 3.54. The predicted molar refractivity (Wildman–Crippen MR) is 81.7 cm³/mol. The zero-order valence-electron chi connectivity index (χ0n) is 10.6. The molecule has 2 atom stereocenters. The molecule has 3 heteroatoms. The molecule has 98 valence electrons. The van der Waals surface area contributed by atoms with Gasteiger partial charge in [0.1, 0.15) is 11.9 Å². The Bertz CT molecular complexity index is 428. The highest BCUT2D eigenvalue weighted by atomic mass is 127. The fraction of sp³-hybridized carbons (Fsp3) is 0.600. The van der Waals surface area contributed by atoms with Gasteiger partial charge in [-0.05, 0) is 53.6 Å². The van der Waals surface area contributed by atoms with E-state index in [9.17, 15) is 0 Å². The van der Waals surface area contributed by atoms with E-state index in [0.29, 0.717) is 12.1 Å². The molecule has 0 amide bonds. The summed E-state index contributed by atoms with van der Waals surface area (Å²) in [5.41, 5.74) is 6.56. The molecule has 2 unspecified atom stereocenters. The van der Waals surface area contributed by atoms with Crippen LogP contribution in [0.1, 0.15) is 38.5 Å². The number of benzene rings is 1. The summed E-state index contributed by atoms with van der Waals surface area (Å²) in [7, 11) is 0. The monoisotopic (exact) mass is 357 g/mol. The van der Waals surface area contributed by atoms with E-state index in [0.717, 1.165) is 12.2 Å². The van der Waals surface area contributed by atoms with E-state index in [1.807, 2.05) is 0 Å². The Labute approximate surface area is 122 Å². The molecule has 2 fully saturated rings. The van der Waals surface area contributed by atoms with Crippen molar-refractivity contribution in [2.24, 2.45) is 11.1 Å². The van der Waals surface area contributed by atoms with Crippen molar-refractivity contribution in [3.05, 3.63) is 27.8 Å². The summed E-state index contributed by atoms with van der Waals surface area (Å²) in [5.74, 6) is 1.00. The fourth-order valence-corrected chi connectivity index (χ4v) is 4.07. The standard InChI is InChI=1S/C15H20INO/c16-11-5-4-6-12(9-11)18-14-10-13(17)15(14)7-2-1-3-8-15/h4-6,9,13-14H,1-3,7-8,10,17H2. The van der Waals surface area contributed by atoms with Crippen molar-refractivity contribution < 1.29 is 4.74 Å². The molecule has 0 aliphatic heterocycles. The Hall–Kier alpha value is -0.290. The van der Waals surface area contributed by atoms with Crippen LogP contribution >= 0.6 is 22.6 Å². The van der Waals surface area contributed by atoms with Crippen molar-refractivity contribution in [2.45, 2.75) is 50.7 Å². The molecule has 2 nitrogen and oxygen atoms in total. The molecule has 0 heterocycles. The second kappa shape index (κ2) is 5.00. The number of hydrogen-bond donors (Lipinski definition) is 1. The lowest BCUT2D eigenvalue weighted by atomic mass is 9.55. The minimum Gasteiger partial charge on any atom is -0.490 e. The van der Waals surface area contributed by atoms with Crippen LogP contribution in [0.2, 0.25) is 0 Å². The molecule has 0 saturated heterocycles. The quantitative estimate of drug-likeness (QED) is 0.819. The van der Waals surface area contributed by atoms with Gasteiger partial charge in [0.2, 0.25) is 0 Å². The predicted octanol–water partition coefficient (Wildman–Crippen LogP) is 3.72. The van der Waals surface area contributed by atoms with Crippen LogP contribution in [0.3, 0.4) is 0 Å². The van der Waals surface area contributed by atoms with Crippen molar-refractivity contribution >= 4 is 22.6 Å². The number of hydrogen-bond acceptors (Lipinski definition) is 2. The minimum absolute atomic E-state index is 0.277. The summed E-state index contributed by atoms with van der Waals surface area (Å²) in [6, 6.07) is 8.67. The van der Waals surface area contributed by atoms with Gasteiger partial charge in [-0.1, -0.05) is 25.3 Å². The van der Waals surface area contributed by atoms with Crippen LogP contribution in [0.25, 0.3) is 0 Å². The lowest BCUT2D eigenvalue weighted by molar-refractivity contribution is -0.0898. The van der Waals surface area contributed by atoms with Crippen molar-refractivity contribution in [1.29, 1.82) is 0 Å². The molecule has 1 spiro atoms. The number of halogens is 1. The first kappa shape index (κ1) is 12.7. The molecule has 1 aromatic carbocycles. The second-order valence-electron chi connectivity index (χ2n) is 5.70. The van der Waals surface area contributed by atoms with E-state index in [1.54, 1.807) is 0 Å².